The van der Waals surface area contributed by atoms with Crippen molar-refractivity contribution >= 4 is 28.3 Å². The third-order valence-electron chi connectivity index (χ3n) is 4.79. The van der Waals surface area contributed by atoms with Gasteiger partial charge < -0.3 is 10.4 Å². The van der Waals surface area contributed by atoms with Crippen LogP contribution in [-0.2, 0) is 0 Å². The Morgan fingerprint density at radius 3 is 2.41 bits per heavy atom. The van der Waals surface area contributed by atoms with Crippen molar-refractivity contribution in [1.29, 1.82) is 0 Å². The predicted molar refractivity (Wildman–Crippen MR) is 114 cm³/mol. The van der Waals surface area contributed by atoms with Crippen molar-refractivity contribution in [1.82, 2.24) is 9.97 Å². The van der Waals surface area contributed by atoms with Crippen molar-refractivity contribution in [3.05, 3.63) is 94.0 Å². The minimum Gasteiger partial charge on any atom is -0.505 e. The van der Waals surface area contributed by atoms with Gasteiger partial charge in [0.25, 0.3) is 0 Å². The second kappa shape index (κ2) is 7.68. The first-order valence-corrected chi connectivity index (χ1v) is 9.55. The van der Waals surface area contributed by atoms with Gasteiger partial charge in [0.2, 0.25) is 0 Å². The van der Waals surface area contributed by atoms with Gasteiger partial charge in [0, 0.05) is 32.9 Å². The minimum absolute atomic E-state index is 0.0179. The number of pyridine rings is 2. The molecule has 6 heteroatoms. The molecule has 0 fully saturated rings. The molecule has 2 N–H and O–H groups in total. The molecule has 2 aromatic heterocycles. The number of hydrogen-bond donors (Lipinski definition) is 2. The maximum Gasteiger partial charge on any atom is 0.147 e. The maximum absolute atomic E-state index is 14.8. The second-order valence-corrected chi connectivity index (χ2v) is 7.31. The van der Waals surface area contributed by atoms with Gasteiger partial charge in [-0.3, -0.25) is 0 Å². The fourth-order valence-corrected chi connectivity index (χ4v) is 3.66. The van der Waals surface area contributed by atoms with E-state index in [-0.39, 0.29) is 16.3 Å². The van der Waals surface area contributed by atoms with E-state index in [9.17, 15) is 9.50 Å². The van der Waals surface area contributed by atoms with Crippen LogP contribution in [0, 0.1) is 19.7 Å². The van der Waals surface area contributed by atoms with Crippen LogP contribution in [-0.4, -0.2) is 15.1 Å². The highest BCUT2D eigenvalue weighted by Crippen LogP contribution is 2.39. The first kappa shape index (κ1) is 19.2. The molecule has 0 saturated carbocycles. The van der Waals surface area contributed by atoms with E-state index >= 15 is 0 Å². The molecule has 29 heavy (non-hydrogen) atoms. The Balaban J connectivity index is 1.93. The van der Waals surface area contributed by atoms with Gasteiger partial charge in [-0.2, -0.15) is 0 Å². The Morgan fingerprint density at radius 2 is 1.66 bits per heavy atom. The number of hydrogen-bond acceptors (Lipinski definition) is 4. The van der Waals surface area contributed by atoms with Gasteiger partial charge in [-0.25, -0.2) is 14.4 Å². The zero-order valence-corrected chi connectivity index (χ0v) is 16.7. The number of anilines is 1. The van der Waals surface area contributed by atoms with E-state index in [1.807, 2.05) is 44.2 Å². The van der Waals surface area contributed by atoms with Crippen molar-refractivity contribution < 1.29 is 9.50 Å². The van der Waals surface area contributed by atoms with Crippen LogP contribution in [0.2, 0.25) is 5.02 Å². The third-order valence-corrected chi connectivity index (χ3v) is 5.12. The van der Waals surface area contributed by atoms with E-state index in [1.165, 1.54) is 6.07 Å². The topological polar surface area (TPSA) is 58.0 Å². The number of phenolic OH excluding ortho intramolecular Hbond substituents is 1. The molecule has 4 aromatic rings. The van der Waals surface area contributed by atoms with Crippen molar-refractivity contribution in [3.8, 4) is 5.75 Å². The summed E-state index contributed by atoms with van der Waals surface area (Å²) in [5, 5.41) is 15.3. The van der Waals surface area contributed by atoms with Gasteiger partial charge >= 0.3 is 0 Å². The lowest BCUT2D eigenvalue weighted by atomic mass is 9.95. The van der Waals surface area contributed by atoms with Gasteiger partial charge in [0.15, 0.2) is 0 Å². The van der Waals surface area contributed by atoms with E-state index < -0.39 is 11.9 Å². The summed E-state index contributed by atoms with van der Waals surface area (Å²) in [6.07, 6.45) is 0. The number of aryl methyl sites for hydroxylation is 2. The lowest BCUT2D eigenvalue weighted by Gasteiger charge is -2.23. The zero-order valence-electron chi connectivity index (χ0n) is 15.9. The molecule has 0 aliphatic carbocycles. The standard InChI is InChI=1S/C23H19ClFN3O/c1-13-5-3-8-19(26-13)28-22(20-17(24)6-4-7-18(20)25)16-12-11-15-10-9-14(2)27-21(15)23(16)29/h3-12,22,29H,1-2H3,(H,26,28)/t22-/m0/s1. The number of nitrogens with one attached hydrogen (secondary N) is 1. The van der Waals surface area contributed by atoms with Gasteiger partial charge in [0.05, 0.1) is 6.04 Å². The molecule has 0 radical (unpaired) electrons. The van der Waals surface area contributed by atoms with Crippen molar-refractivity contribution in [2.45, 2.75) is 19.9 Å². The lowest BCUT2D eigenvalue weighted by Crippen LogP contribution is -2.16. The van der Waals surface area contributed by atoms with Gasteiger partial charge in [-0.15, -0.1) is 0 Å². The average Bonchev–Trinajstić information content (AvgIpc) is 2.68. The summed E-state index contributed by atoms with van der Waals surface area (Å²) in [5.74, 6) is 0.0565. The molecule has 2 aromatic carbocycles. The quantitative estimate of drug-likeness (QED) is 0.439. The Bertz CT molecular complexity index is 1190. The van der Waals surface area contributed by atoms with Crippen molar-refractivity contribution in [3.63, 3.8) is 0 Å². The fraction of sp³-hybridized carbons (Fsp3) is 0.130. The van der Waals surface area contributed by atoms with E-state index in [0.717, 1.165) is 16.8 Å². The Kier molecular flexibility index (Phi) is 5.07. The summed E-state index contributed by atoms with van der Waals surface area (Å²) >= 11 is 6.37. The molecule has 146 valence electrons. The molecule has 0 aliphatic rings. The molecule has 0 unspecified atom stereocenters. The molecular weight excluding hydrogens is 389 g/mol. The van der Waals surface area contributed by atoms with Crippen LogP contribution in [0.3, 0.4) is 0 Å². The number of phenols is 1. The zero-order chi connectivity index (χ0) is 20.5. The number of halogens is 2. The molecule has 0 saturated heterocycles. The number of rotatable bonds is 4. The molecule has 2 heterocycles. The molecular formula is C23H19ClFN3O. The smallest absolute Gasteiger partial charge is 0.147 e. The summed E-state index contributed by atoms with van der Waals surface area (Å²) in [6.45, 7) is 3.72. The summed E-state index contributed by atoms with van der Waals surface area (Å²) in [4.78, 5) is 8.91. The van der Waals surface area contributed by atoms with Crippen LogP contribution in [0.5, 0.6) is 5.75 Å². The summed E-state index contributed by atoms with van der Waals surface area (Å²) in [5.41, 5.74) is 2.75. The van der Waals surface area contributed by atoms with E-state index in [2.05, 4.69) is 15.3 Å². The third kappa shape index (κ3) is 3.74. The molecule has 0 spiro atoms. The predicted octanol–water partition coefficient (Wildman–Crippen LogP) is 5.95. The van der Waals surface area contributed by atoms with E-state index in [4.69, 9.17) is 11.6 Å². The molecule has 0 bridgehead atoms. The molecule has 4 rings (SSSR count). The van der Waals surface area contributed by atoms with Crippen LogP contribution in [0.4, 0.5) is 10.2 Å². The molecule has 0 aliphatic heterocycles. The lowest BCUT2D eigenvalue weighted by molar-refractivity contribution is 0.470. The SMILES string of the molecule is Cc1cccc(N[C@@H](c2ccc3ccc(C)nc3c2O)c2c(F)cccc2Cl)n1. The second-order valence-electron chi connectivity index (χ2n) is 6.90. The first-order valence-electron chi connectivity index (χ1n) is 9.17. The number of aromatic hydroxyl groups is 1. The van der Waals surface area contributed by atoms with Crippen molar-refractivity contribution in [2.75, 3.05) is 5.32 Å². The summed E-state index contributed by atoms with van der Waals surface area (Å²) in [6, 6.07) is 16.7. The van der Waals surface area contributed by atoms with Crippen LogP contribution in [0.15, 0.2) is 60.7 Å². The van der Waals surface area contributed by atoms with Gasteiger partial charge in [-0.1, -0.05) is 41.9 Å². The number of aromatic nitrogens is 2. The normalized spacial score (nSPS) is 12.1. The van der Waals surface area contributed by atoms with Crippen LogP contribution < -0.4 is 5.32 Å². The maximum atomic E-state index is 14.8. The monoisotopic (exact) mass is 407 g/mol. The Hall–Kier alpha value is -3.18. The van der Waals surface area contributed by atoms with Crippen LogP contribution >= 0.6 is 11.6 Å². The largest absolute Gasteiger partial charge is 0.505 e. The Morgan fingerprint density at radius 1 is 0.931 bits per heavy atom. The van der Waals surface area contributed by atoms with E-state index in [0.29, 0.717) is 16.9 Å². The molecule has 4 nitrogen and oxygen atoms in total. The Labute approximate surface area is 173 Å². The summed E-state index contributed by atoms with van der Waals surface area (Å²) < 4.78 is 14.8. The fourth-order valence-electron chi connectivity index (χ4n) is 3.38. The first-order chi connectivity index (χ1) is 13.9. The average molecular weight is 408 g/mol. The van der Waals surface area contributed by atoms with Crippen LogP contribution in [0.1, 0.15) is 28.6 Å². The molecule has 1 atom stereocenters. The van der Waals surface area contributed by atoms with E-state index in [1.54, 1.807) is 24.3 Å². The highest BCUT2D eigenvalue weighted by molar-refractivity contribution is 6.31. The highest BCUT2D eigenvalue weighted by Gasteiger charge is 2.25. The molecule has 0 amide bonds. The number of benzene rings is 2. The number of nitrogens with zero attached hydrogens (tertiary/aromatic N) is 2. The number of fused-ring (bicyclic) bond motifs is 1. The minimum atomic E-state index is -0.760. The highest BCUT2D eigenvalue weighted by atomic mass is 35.5. The van der Waals surface area contributed by atoms with Gasteiger partial charge in [-0.05, 0) is 44.2 Å². The van der Waals surface area contributed by atoms with Gasteiger partial charge in [0.1, 0.15) is 22.9 Å². The summed E-state index contributed by atoms with van der Waals surface area (Å²) in [7, 11) is 0. The van der Waals surface area contributed by atoms with Crippen LogP contribution in [0.25, 0.3) is 10.9 Å². The van der Waals surface area contributed by atoms with Crippen molar-refractivity contribution in [2.24, 2.45) is 0 Å².